The Morgan fingerprint density at radius 2 is 1.83 bits per heavy atom. The first kappa shape index (κ1) is 21.0. The van der Waals surface area contributed by atoms with Crippen molar-refractivity contribution in [3.05, 3.63) is 41.7 Å². The lowest BCUT2D eigenvalue weighted by molar-refractivity contribution is 0.0995. The number of benzene rings is 1. The summed E-state index contributed by atoms with van der Waals surface area (Å²) >= 11 is 0. The summed E-state index contributed by atoms with van der Waals surface area (Å²) in [6, 6.07) is 5.74. The van der Waals surface area contributed by atoms with E-state index in [1.165, 1.54) is 39.4 Å². The second-order valence-corrected chi connectivity index (χ2v) is 9.11. The van der Waals surface area contributed by atoms with Gasteiger partial charge in [-0.25, -0.2) is 8.42 Å². The molecule has 156 valence electrons. The number of amides is 2. The molecule has 2 aromatic rings. The first-order valence-corrected chi connectivity index (χ1v) is 10.9. The summed E-state index contributed by atoms with van der Waals surface area (Å²) in [5, 5.41) is 6.63. The first-order chi connectivity index (χ1) is 13.7. The van der Waals surface area contributed by atoms with Crippen molar-refractivity contribution >= 4 is 27.5 Å². The van der Waals surface area contributed by atoms with Crippen molar-refractivity contribution in [2.75, 3.05) is 18.4 Å². The fourth-order valence-corrected chi connectivity index (χ4v) is 4.67. The Labute approximate surface area is 169 Å². The summed E-state index contributed by atoms with van der Waals surface area (Å²) in [6.07, 6.45) is 3.20. The first-order valence-electron chi connectivity index (χ1n) is 9.51. The normalized spacial score (nSPS) is 15.9. The molecule has 0 radical (unpaired) electrons. The molecular formula is C19H25N5O4S. The van der Waals surface area contributed by atoms with Gasteiger partial charge in [0.25, 0.3) is 11.8 Å². The van der Waals surface area contributed by atoms with Gasteiger partial charge in [-0.2, -0.15) is 9.40 Å². The van der Waals surface area contributed by atoms with Gasteiger partial charge < -0.3 is 11.1 Å². The van der Waals surface area contributed by atoms with E-state index in [4.69, 9.17) is 5.73 Å². The van der Waals surface area contributed by atoms with Crippen LogP contribution in [-0.4, -0.2) is 47.4 Å². The Kier molecular flexibility index (Phi) is 6.04. The molecule has 0 atom stereocenters. The zero-order valence-electron chi connectivity index (χ0n) is 16.5. The Balaban J connectivity index is 1.76. The predicted octanol–water partition coefficient (Wildman–Crippen LogP) is 1.67. The lowest BCUT2D eigenvalue weighted by Crippen LogP contribution is -2.37. The highest BCUT2D eigenvalue weighted by molar-refractivity contribution is 7.89. The zero-order chi connectivity index (χ0) is 21.2. The second kappa shape index (κ2) is 8.34. The van der Waals surface area contributed by atoms with E-state index in [1.807, 2.05) is 6.92 Å². The minimum absolute atomic E-state index is 0.0290. The summed E-state index contributed by atoms with van der Waals surface area (Å²) in [6.45, 7) is 5.47. The van der Waals surface area contributed by atoms with Crippen LogP contribution >= 0.6 is 0 Å². The summed E-state index contributed by atoms with van der Waals surface area (Å²) < 4.78 is 28.5. The van der Waals surface area contributed by atoms with Crippen LogP contribution in [0.3, 0.4) is 0 Å². The van der Waals surface area contributed by atoms with Gasteiger partial charge in [0.05, 0.1) is 10.6 Å². The highest BCUT2D eigenvalue weighted by Gasteiger charge is 2.28. The lowest BCUT2D eigenvalue weighted by atomic mass is 10.0. The van der Waals surface area contributed by atoms with Crippen LogP contribution in [0.25, 0.3) is 0 Å². The average Bonchev–Trinajstić information content (AvgIpc) is 3.11. The number of piperidine rings is 1. The fraction of sp³-hybridized carbons (Fsp3) is 0.421. The van der Waals surface area contributed by atoms with E-state index in [0.29, 0.717) is 25.6 Å². The molecule has 0 spiro atoms. The molecule has 1 saturated heterocycles. The van der Waals surface area contributed by atoms with E-state index in [9.17, 15) is 18.0 Å². The van der Waals surface area contributed by atoms with Crippen LogP contribution in [0.2, 0.25) is 0 Å². The molecule has 0 unspecified atom stereocenters. The van der Waals surface area contributed by atoms with Gasteiger partial charge in [-0.3, -0.25) is 14.3 Å². The minimum Gasteiger partial charge on any atom is -0.364 e. The third-order valence-electron chi connectivity index (χ3n) is 5.06. The van der Waals surface area contributed by atoms with Crippen LogP contribution in [-0.2, 0) is 16.6 Å². The van der Waals surface area contributed by atoms with Crippen LogP contribution < -0.4 is 11.1 Å². The Morgan fingerprint density at radius 1 is 1.21 bits per heavy atom. The van der Waals surface area contributed by atoms with Gasteiger partial charge in [-0.05, 0) is 49.9 Å². The van der Waals surface area contributed by atoms with Crippen LogP contribution in [0, 0.1) is 5.92 Å². The molecule has 0 saturated carbocycles. The highest BCUT2D eigenvalue weighted by Crippen LogP contribution is 2.24. The van der Waals surface area contributed by atoms with E-state index in [-0.39, 0.29) is 21.8 Å². The number of nitrogens with two attached hydrogens (primary N) is 1. The molecule has 3 rings (SSSR count). The van der Waals surface area contributed by atoms with Gasteiger partial charge in [0.2, 0.25) is 10.0 Å². The van der Waals surface area contributed by atoms with Crippen molar-refractivity contribution in [3.8, 4) is 0 Å². The van der Waals surface area contributed by atoms with Gasteiger partial charge >= 0.3 is 0 Å². The highest BCUT2D eigenvalue weighted by atomic mass is 32.2. The maximum absolute atomic E-state index is 12.8. The number of primary amides is 1. The molecule has 1 aromatic heterocycles. The van der Waals surface area contributed by atoms with Gasteiger partial charge in [0, 0.05) is 31.4 Å². The maximum Gasteiger partial charge on any atom is 0.271 e. The van der Waals surface area contributed by atoms with Crippen LogP contribution in [0.4, 0.5) is 5.69 Å². The quantitative estimate of drug-likeness (QED) is 0.736. The zero-order valence-corrected chi connectivity index (χ0v) is 17.3. The lowest BCUT2D eigenvalue weighted by Gasteiger charge is -2.29. The molecule has 1 aromatic carbocycles. The number of carbonyl (C=O) groups is 2. The third kappa shape index (κ3) is 4.48. The third-order valence-corrected chi connectivity index (χ3v) is 6.98. The SMILES string of the molecule is CCn1cc(NC(=O)c2ccc(S(=O)(=O)N3CCC(C)CC3)cc2)c(C(N)=O)n1. The molecule has 29 heavy (non-hydrogen) atoms. The minimum atomic E-state index is -3.58. The van der Waals surface area contributed by atoms with Gasteiger partial charge in [0.15, 0.2) is 5.69 Å². The van der Waals surface area contributed by atoms with E-state index >= 15 is 0 Å². The van der Waals surface area contributed by atoms with Crippen molar-refractivity contribution in [2.24, 2.45) is 11.7 Å². The molecule has 1 fully saturated rings. The molecule has 3 N–H and O–H groups in total. The predicted molar refractivity (Wildman–Crippen MR) is 108 cm³/mol. The van der Waals surface area contributed by atoms with Crippen molar-refractivity contribution in [1.82, 2.24) is 14.1 Å². The Bertz CT molecular complexity index is 1010. The molecule has 1 aliphatic heterocycles. The number of aromatic nitrogens is 2. The van der Waals surface area contributed by atoms with Crippen molar-refractivity contribution < 1.29 is 18.0 Å². The molecule has 0 aliphatic carbocycles. The topological polar surface area (TPSA) is 127 Å². The van der Waals surface area contributed by atoms with Gasteiger partial charge in [-0.1, -0.05) is 6.92 Å². The number of sulfonamides is 1. The van der Waals surface area contributed by atoms with E-state index in [0.717, 1.165) is 12.8 Å². The van der Waals surface area contributed by atoms with E-state index in [1.54, 1.807) is 0 Å². The number of rotatable bonds is 6. The number of hydrogen-bond acceptors (Lipinski definition) is 5. The summed E-state index contributed by atoms with van der Waals surface area (Å²) in [4.78, 5) is 24.2. The second-order valence-electron chi connectivity index (χ2n) is 7.18. The summed E-state index contributed by atoms with van der Waals surface area (Å²) in [5.41, 5.74) is 5.75. The fourth-order valence-electron chi connectivity index (χ4n) is 3.20. The van der Waals surface area contributed by atoms with Crippen molar-refractivity contribution in [3.63, 3.8) is 0 Å². The molecule has 1 aliphatic rings. The average molecular weight is 420 g/mol. The van der Waals surface area contributed by atoms with Crippen LogP contribution in [0.5, 0.6) is 0 Å². The molecule has 10 heteroatoms. The Hall–Kier alpha value is -2.72. The molecule has 0 bridgehead atoms. The number of nitrogens with zero attached hydrogens (tertiary/aromatic N) is 3. The molecule has 2 heterocycles. The monoisotopic (exact) mass is 419 g/mol. The molecule has 9 nitrogen and oxygen atoms in total. The largest absolute Gasteiger partial charge is 0.364 e. The molecular weight excluding hydrogens is 394 g/mol. The Morgan fingerprint density at radius 3 is 2.38 bits per heavy atom. The summed E-state index contributed by atoms with van der Waals surface area (Å²) in [7, 11) is -3.58. The smallest absolute Gasteiger partial charge is 0.271 e. The van der Waals surface area contributed by atoms with E-state index < -0.39 is 21.8 Å². The number of carbonyl (C=O) groups excluding carboxylic acids is 2. The number of anilines is 1. The number of hydrogen-bond donors (Lipinski definition) is 2. The van der Waals surface area contributed by atoms with Crippen LogP contribution in [0.1, 0.15) is 47.5 Å². The van der Waals surface area contributed by atoms with Gasteiger partial charge in [-0.15, -0.1) is 0 Å². The van der Waals surface area contributed by atoms with Crippen molar-refractivity contribution in [1.29, 1.82) is 0 Å². The number of aryl methyl sites for hydroxylation is 1. The van der Waals surface area contributed by atoms with Crippen molar-refractivity contribution in [2.45, 2.75) is 38.1 Å². The van der Waals surface area contributed by atoms with Gasteiger partial charge in [0.1, 0.15) is 0 Å². The maximum atomic E-state index is 12.8. The standard InChI is InChI=1S/C19H25N5O4S/c1-3-23-12-16(17(22-23)18(20)25)21-19(26)14-4-6-15(7-5-14)29(27,28)24-10-8-13(2)9-11-24/h4-7,12-13H,3,8-11H2,1-2H3,(H2,20,25)(H,21,26). The van der Waals surface area contributed by atoms with E-state index in [2.05, 4.69) is 17.3 Å². The molecule has 2 amide bonds. The van der Waals surface area contributed by atoms with Crippen LogP contribution in [0.15, 0.2) is 35.4 Å². The number of nitrogens with one attached hydrogen (secondary N) is 1. The summed E-state index contributed by atoms with van der Waals surface area (Å²) in [5.74, 6) is -0.710.